The van der Waals surface area contributed by atoms with Crippen molar-refractivity contribution in [2.24, 2.45) is 5.92 Å². The molecule has 0 spiro atoms. The van der Waals surface area contributed by atoms with E-state index in [0.29, 0.717) is 30.3 Å². The molecule has 0 saturated carbocycles. The van der Waals surface area contributed by atoms with E-state index in [2.05, 4.69) is 10.6 Å². The first-order valence-electron chi connectivity index (χ1n) is 10.1. The van der Waals surface area contributed by atoms with Crippen molar-refractivity contribution >= 4 is 16.1 Å². The Morgan fingerprint density at radius 1 is 1.06 bits per heavy atom. The first-order chi connectivity index (χ1) is 14.7. The average molecular weight is 448 g/mol. The largest absolute Gasteiger partial charge is 0.486 e. The molecule has 9 heteroatoms. The monoisotopic (exact) mass is 447 g/mol. The second kappa shape index (κ2) is 9.57. The SMILES string of the molecule is CC(C)C(NC(=O)NCc1ccccc1S(=O)(=O)N(C)C)c1ccc2c(c1)OCCO2. The number of hydrogen-bond donors (Lipinski definition) is 2. The van der Waals surface area contributed by atoms with Crippen LogP contribution in [-0.2, 0) is 16.6 Å². The molecule has 0 bridgehead atoms. The lowest BCUT2D eigenvalue weighted by atomic mass is 9.95. The first-order valence-corrected chi connectivity index (χ1v) is 11.6. The van der Waals surface area contributed by atoms with Crippen LogP contribution in [0.3, 0.4) is 0 Å². The Kier molecular flexibility index (Phi) is 7.07. The van der Waals surface area contributed by atoms with Crippen LogP contribution in [0, 0.1) is 5.92 Å². The highest BCUT2D eigenvalue weighted by atomic mass is 32.2. The molecule has 0 fully saturated rings. The summed E-state index contributed by atoms with van der Waals surface area (Å²) in [5.41, 5.74) is 1.43. The fraction of sp³-hybridized carbons (Fsp3) is 0.409. The van der Waals surface area contributed by atoms with Crippen LogP contribution >= 0.6 is 0 Å². The number of nitrogens with zero attached hydrogens (tertiary/aromatic N) is 1. The van der Waals surface area contributed by atoms with Gasteiger partial charge in [-0.25, -0.2) is 17.5 Å². The topological polar surface area (TPSA) is 97.0 Å². The Labute approximate surface area is 183 Å². The van der Waals surface area contributed by atoms with Crippen LogP contribution in [0.25, 0.3) is 0 Å². The third-order valence-electron chi connectivity index (χ3n) is 5.05. The van der Waals surface area contributed by atoms with E-state index in [1.165, 1.54) is 20.2 Å². The average Bonchev–Trinajstić information content (AvgIpc) is 2.75. The molecule has 2 aromatic rings. The van der Waals surface area contributed by atoms with Gasteiger partial charge in [-0.15, -0.1) is 0 Å². The standard InChI is InChI=1S/C22H29N3O5S/c1-15(2)21(16-9-10-18-19(13-16)30-12-11-29-18)24-22(26)23-14-17-7-5-6-8-20(17)31(27,28)25(3)4/h5-10,13,15,21H,11-12,14H2,1-4H3,(H2,23,24,26). The Morgan fingerprint density at radius 3 is 2.42 bits per heavy atom. The molecule has 0 saturated heterocycles. The zero-order valence-corrected chi connectivity index (χ0v) is 19.0. The Morgan fingerprint density at radius 2 is 1.74 bits per heavy atom. The lowest BCUT2D eigenvalue weighted by Crippen LogP contribution is -2.39. The highest BCUT2D eigenvalue weighted by Crippen LogP contribution is 2.34. The molecule has 168 valence electrons. The van der Waals surface area contributed by atoms with E-state index in [0.717, 1.165) is 9.87 Å². The maximum atomic E-state index is 12.7. The van der Waals surface area contributed by atoms with E-state index in [1.54, 1.807) is 18.2 Å². The van der Waals surface area contributed by atoms with Crippen molar-refractivity contribution in [1.82, 2.24) is 14.9 Å². The molecule has 2 aromatic carbocycles. The summed E-state index contributed by atoms with van der Waals surface area (Å²) in [6, 6.07) is 11.7. The molecule has 1 heterocycles. The van der Waals surface area contributed by atoms with Crippen molar-refractivity contribution in [3.63, 3.8) is 0 Å². The Bertz CT molecular complexity index is 1040. The summed E-state index contributed by atoms with van der Waals surface area (Å²) in [7, 11) is -0.650. The van der Waals surface area contributed by atoms with Crippen LogP contribution in [0.5, 0.6) is 11.5 Å². The first kappa shape index (κ1) is 22.9. The van der Waals surface area contributed by atoms with Gasteiger partial charge in [0.15, 0.2) is 11.5 Å². The van der Waals surface area contributed by atoms with E-state index in [4.69, 9.17) is 9.47 Å². The van der Waals surface area contributed by atoms with E-state index >= 15 is 0 Å². The molecule has 8 nitrogen and oxygen atoms in total. The van der Waals surface area contributed by atoms with Gasteiger partial charge in [0.1, 0.15) is 13.2 Å². The van der Waals surface area contributed by atoms with Crippen molar-refractivity contribution in [2.75, 3.05) is 27.3 Å². The van der Waals surface area contributed by atoms with Crippen LogP contribution in [0.4, 0.5) is 4.79 Å². The molecule has 0 aromatic heterocycles. The normalized spacial score (nSPS) is 14.4. The van der Waals surface area contributed by atoms with Gasteiger partial charge in [0, 0.05) is 20.6 Å². The highest BCUT2D eigenvalue weighted by Gasteiger charge is 2.23. The predicted octanol–water partition coefficient (Wildman–Crippen LogP) is 2.90. The molecule has 2 N–H and O–H groups in total. The van der Waals surface area contributed by atoms with Crippen molar-refractivity contribution < 1.29 is 22.7 Å². The molecular weight excluding hydrogens is 418 g/mol. The van der Waals surface area contributed by atoms with Gasteiger partial charge in [-0.05, 0) is 35.2 Å². The zero-order valence-electron chi connectivity index (χ0n) is 18.2. The molecule has 1 aliphatic heterocycles. The van der Waals surface area contributed by atoms with E-state index in [1.807, 2.05) is 32.0 Å². The van der Waals surface area contributed by atoms with Crippen LogP contribution in [-0.4, -0.2) is 46.1 Å². The molecule has 0 aliphatic carbocycles. The number of carbonyl (C=O) groups excluding carboxylic acids is 1. The van der Waals surface area contributed by atoms with Crippen molar-refractivity contribution in [2.45, 2.75) is 31.3 Å². The minimum Gasteiger partial charge on any atom is -0.486 e. The van der Waals surface area contributed by atoms with E-state index in [9.17, 15) is 13.2 Å². The minimum atomic E-state index is -3.61. The van der Waals surface area contributed by atoms with Gasteiger partial charge in [0.25, 0.3) is 0 Å². The Balaban J connectivity index is 1.71. The number of amides is 2. The van der Waals surface area contributed by atoms with Crippen molar-refractivity contribution in [3.05, 3.63) is 53.6 Å². The quantitative estimate of drug-likeness (QED) is 0.680. The van der Waals surface area contributed by atoms with Crippen LogP contribution in [0.2, 0.25) is 0 Å². The van der Waals surface area contributed by atoms with E-state index in [-0.39, 0.29) is 29.4 Å². The number of nitrogens with one attached hydrogen (secondary N) is 2. The molecule has 1 aliphatic rings. The second-order valence-electron chi connectivity index (χ2n) is 7.85. The summed E-state index contributed by atoms with van der Waals surface area (Å²) >= 11 is 0. The zero-order chi connectivity index (χ0) is 22.6. The minimum absolute atomic E-state index is 0.0844. The lowest BCUT2D eigenvalue weighted by Gasteiger charge is -2.25. The summed E-state index contributed by atoms with van der Waals surface area (Å²) < 4.78 is 37.5. The summed E-state index contributed by atoms with van der Waals surface area (Å²) in [5, 5.41) is 5.76. The number of hydrogen-bond acceptors (Lipinski definition) is 5. The van der Waals surface area contributed by atoms with Gasteiger partial charge < -0.3 is 20.1 Å². The molecule has 0 radical (unpaired) electrons. The fourth-order valence-electron chi connectivity index (χ4n) is 3.35. The maximum Gasteiger partial charge on any atom is 0.315 e. The number of sulfonamides is 1. The third-order valence-corrected chi connectivity index (χ3v) is 6.96. The van der Waals surface area contributed by atoms with Crippen LogP contribution in [0.15, 0.2) is 47.4 Å². The molecular formula is C22H29N3O5S. The summed E-state index contributed by atoms with van der Waals surface area (Å²) in [4.78, 5) is 12.8. The number of rotatable bonds is 7. The number of benzene rings is 2. The van der Waals surface area contributed by atoms with Crippen molar-refractivity contribution in [1.29, 1.82) is 0 Å². The molecule has 31 heavy (non-hydrogen) atoms. The highest BCUT2D eigenvalue weighted by molar-refractivity contribution is 7.89. The van der Waals surface area contributed by atoms with E-state index < -0.39 is 10.0 Å². The second-order valence-corrected chi connectivity index (χ2v) is 9.97. The van der Waals surface area contributed by atoms with Gasteiger partial charge in [-0.2, -0.15) is 0 Å². The number of carbonyl (C=O) groups is 1. The van der Waals surface area contributed by atoms with Crippen molar-refractivity contribution in [3.8, 4) is 11.5 Å². The number of urea groups is 1. The summed E-state index contributed by atoms with van der Waals surface area (Å²) in [5.74, 6) is 1.48. The maximum absolute atomic E-state index is 12.7. The lowest BCUT2D eigenvalue weighted by molar-refractivity contribution is 0.171. The molecule has 3 rings (SSSR count). The third kappa shape index (κ3) is 5.29. The summed E-state index contributed by atoms with van der Waals surface area (Å²) in [6.07, 6.45) is 0. The van der Waals surface area contributed by atoms with Gasteiger partial charge >= 0.3 is 6.03 Å². The smallest absolute Gasteiger partial charge is 0.315 e. The molecule has 2 amide bonds. The van der Waals surface area contributed by atoms with Gasteiger partial charge in [0.05, 0.1) is 10.9 Å². The van der Waals surface area contributed by atoms with Gasteiger partial charge in [-0.1, -0.05) is 38.1 Å². The fourth-order valence-corrected chi connectivity index (χ4v) is 4.47. The molecule has 1 atom stereocenters. The Hall–Kier alpha value is -2.78. The van der Waals surface area contributed by atoms with Crippen LogP contribution < -0.4 is 20.1 Å². The number of ether oxygens (including phenoxy) is 2. The van der Waals surface area contributed by atoms with Crippen LogP contribution in [0.1, 0.15) is 31.0 Å². The van der Waals surface area contributed by atoms with Gasteiger partial charge in [-0.3, -0.25) is 0 Å². The number of fused-ring (bicyclic) bond motifs is 1. The predicted molar refractivity (Wildman–Crippen MR) is 118 cm³/mol. The summed E-state index contributed by atoms with van der Waals surface area (Å²) in [6.45, 7) is 5.13. The molecule has 1 unspecified atom stereocenters. The van der Waals surface area contributed by atoms with Gasteiger partial charge in [0.2, 0.25) is 10.0 Å².